The minimum absolute atomic E-state index is 0.0802. The number of hydrogen-bond acceptors (Lipinski definition) is 2. The van der Waals surface area contributed by atoms with Crippen LogP contribution in [0.5, 0.6) is 0 Å². The molecule has 0 aromatic heterocycles. The van der Waals surface area contributed by atoms with Crippen LogP contribution < -0.4 is 11.5 Å². The molecule has 0 aliphatic heterocycles. The first-order valence-corrected chi connectivity index (χ1v) is 5.64. The Balaban J connectivity index is 2.31. The fourth-order valence-corrected chi connectivity index (χ4v) is 2.21. The molecule has 82 valence electrons. The van der Waals surface area contributed by atoms with Gasteiger partial charge < -0.3 is 11.5 Å². The van der Waals surface area contributed by atoms with Crippen molar-refractivity contribution in [2.24, 2.45) is 11.5 Å². The van der Waals surface area contributed by atoms with Gasteiger partial charge in [-0.2, -0.15) is 0 Å². The van der Waals surface area contributed by atoms with Crippen molar-refractivity contribution >= 4 is 0 Å². The van der Waals surface area contributed by atoms with Gasteiger partial charge in [0.05, 0.1) is 0 Å². The second-order valence-electron chi connectivity index (χ2n) is 5.18. The van der Waals surface area contributed by atoms with E-state index in [1.54, 1.807) is 0 Å². The highest BCUT2D eigenvalue weighted by Crippen LogP contribution is 2.27. The van der Waals surface area contributed by atoms with Crippen molar-refractivity contribution in [3.63, 3.8) is 0 Å². The molecule has 15 heavy (non-hydrogen) atoms. The van der Waals surface area contributed by atoms with Gasteiger partial charge in [-0.1, -0.05) is 18.2 Å². The third-order valence-electron chi connectivity index (χ3n) is 3.28. The number of nitrogens with two attached hydrogens (primary N) is 2. The zero-order valence-electron chi connectivity index (χ0n) is 9.59. The van der Waals surface area contributed by atoms with Crippen molar-refractivity contribution < 1.29 is 0 Å². The fourth-order valence-electron chi connectivity index (χ4n) is 2.21. The quantitative estimate of drug-likeness (QED) is 0.773. The van der Waals surface area contributed by atoms with Crippen molar-refractivity contribution in [1.29, 1.82) is 0 Å². The summed E-state index contributed by atoms with van der Waals surface area (Å²) in [5.41, 5.74) is 15.9. The normalized spacial score (nSPS) is 17.6. The molecule has 0 fully saturated rings. The Hall–Kier alpha value is -0.860. The molecule has 2 nitrogen and oxygen atoms in total. The minimum Gasteiger partial charge on any atom is -0.324 e. The molecule has 0 radical (unpaired) electrons. The van der Waals surface area contributed by atoms with Crippen LogP contribution in [0.25, 0.3) is 0 Å². The van der Waals surface area contributed by atoms with Crippen LogP contribution in [0.4, 0.5) is 0 Å². The smallest absolute Gasteiger partial charge is 0.0472 e. The number of aryl methyl sites for hydroxylation is 2. The van der Waals surface area contributed by atoms with E-state index in [4.69, 9.17) is 11.5 Å². The molecule has 1 aliphatic carbocycles. The van der Waals surface area contributed by atoms with Gasteiger partial charge in [0.15, 0.2) is 0 Å². The maximum Gasteiger partial charge on any atom is 0.0472 e. The third kappa shape index (κ3) is 2.06. The van der Waals surface area contributed by atoms with Crippen LogP contribution in [0.1, 0.15) is 43.0 Å². The lowest BCUT2D eigenvalue weighted by Crippen LogP contribution is -2.43. The average Bonchev–Trinajstić information content (AvgIpc) is 2.61. The van der Waals surface area contributed by atoms with Crippen molar-refractivity contribution in [3.05, 3.63) is 34.9 Å². The van der Waals surface area contributed by atoms with Gasteiger partial charge in [-0.15, -0.1) is 0 Å². The lowest BCUT2D eigenvalue weighted by Gasteiger charge is -2.27. The summed E-state index contributed by atoms with van der Waals surface area (Å²) >= 11 is 0. The van der Waals surface area contributed by atoms with Crippen LogP contribution in [-0.2, 0) is 12.8 Å². The Morgan fingerprint density at radius 1 is 1.20 bits per heavy atom. The molecular weight excluding hydrogens is 184 g/mol. The minimum atomic E-state index is -0.354. The van der Waals surface area contributed by atoms with Gasteiger partial charge >= 0.3 is 0 Å². The zero-order chi connectivity index (χ0) is 11.1. The number of benzene rings is 1. The monoisotopic (exact) mass is 204 g/mol. The van der Waals surface area contributed by atoms with Crippen LogP contribution >= 0.6 is 0 Å². The summed E-state index contributed by atoms with van der Waals surface area (Å²) < 4.78 is 0. The summed E-state index contributed by atoms with van der Waals surface area (Å²) in [6.07, 6.45) is 3.69. The number of hydrogen-bond donors (Lipinski definition) is 2. The first kappa shape index (κ1) is 10.7. The fraction of sp³-hybridized carbons (Fsp3) is 0.538. The molecule has 1 aromatic rings. The summed E-state index contributed by atoms with van der Waals surface area (Å²) in [5, 5.41) is 0. The molecule has 4 N–H and O–H groups in total. The van der Waals surface area contributed by atoms with Crippen LogP contribution in [0, 0.1) is 0 Å². The highest BCUT2D eigenvalue weighted by Gasteiger charge is 2.23. The van der Waals surface area contributed by atoms with Gasteiger partial charge in [0.1, 0.15) is 0 Å². The molecule has 0 saturated heterocycles. The van der Waals surface area contributed by atoms with Crippen LogP contribution in [-0.4, -0.2) is 5.54 Å². The molecule has 0 heterocycles. The van der Waals surface area contributed by atoms with E-state index in [1.165, 1.54) is 36.0 Å². The van der Waals surface area contributed by atoms with Gasteiger partial charge in [0.2, 0.25) is 0 Å². The molecule has 1 aliphatic rings. The standard InChI is InChI=1S/C13H20N2/c1-13(2,15)12(14)11-7-6-9-4-3-5-10(9)8-11/h6-8,12H,3-5,14-15H2,1-2H3. The molecule has 0 saturated carbocycles. The maximum absolute atomic E-state index is 6.14. The Labute approximate surface area is 91.7 Å². The van der Waals surface area contributed by atoms with Crippen molar-refractivity contribution in [3.8, 4) is 0 Å². The van der Waals surface area contributed by atoms with Gasteiger partial charge in [-0.3, -0.25) is 0 Å². The lowest BCUT2D eigenvalue weighted by molar-refractivity contribution is 0.420. The SMILES string of the molecule is CC(C)(N)C(N)c1ccc2c(c1)CCC2. The first-order chi connectivity index (χ1) is 6.98. The predicted octanol–water partition coefficient (Wildman–Crippen LogP) is 1.91. The average molecular weight is 204 g/mol. The summed E-state index contributed by atoms with van der Waals surface area (Å²) in [4.78, 5) is 0. The molecule has 2 heteroatoms. The predicted molar refractivity (Wildman–Crippen MR) is 63.7 cm³/mol. The van der Waals surface area contributed by atoms with E-state index in [-0.39, 0.29) is 11.6 Å². The summed E-state index contributed by atoms with van der Waals surface area (Å²) in [6.45, 7) is 3.95. The third-order valence-corrected chi connectivity index (χ3v) is 3.28. The Morgan fingerprint density at radius 2 is 1.87 bits per heavy atom. The summed E-state index contributed by atoms with van der Waals surface area (Å²) in [6, 6.07) is 6.50. The zero-order valence-corrected chi connectivity index (χ0v) is 9.59. The highest BCUT2D eigenvalue weighted by atomic mass is 14.8. The van der Waals surface area contributed by atoms with Gasteiger partial charge in [0.25, 0.3) is 0 Å². The topological polar surface area (TPSA) is 52.0 Å². The second-order valence-corrected chi connectivity index (χ2v) is 5.18. The molecule has 2 rings (SSSR count). The van der Waals surface area contributed by atoms with Crippen LogP contribution in [0.3, 0.4) is 0 Å². The Morgan fingerprint density at radius 3 is 2.53 bits per heavy atom. The Bertz CT molecular complexity index is 363. The first-order valence-electron chi connectivity index (χ1n) is 5.64. The molecule has 1 aromatic carbocycles. The summed E-state index contributed by atoms with van der Waals surface area (Å²) in [5.74, 6) is 0. The maximum atomic E-state index is 6.14. The van der Waals surface area contributed by atoms with E-state index >= 15 is 0 Å². The van der Waals surface area contributed by atoms with E-state index in [0.717, 1.165) is 0 Å². The van der Waals surface area contributed by atoms with E-state index in [2.05, 4.69) is 18.2 Å². The van der Waals surface area contributed by atoms with Crippen LogP contribution in [0.2, 0.25) is 0 Å². The van der Waals surface area contributed by atoms with E-state index in [1.807, 2.05) is 13.8 Å². The van der Waals surface area contributed by atoms with Gasteiger partial charge in [-0.05, 0) is 49.8 Å². The molecule has 1 unspecified atom stereocenters. The molecule has 0 bridgehead atoms. The molecule has 1 atom stereocenters. The summed E-state index contributed by atoms with van der Waals surface area (Å²) in [7, 11) is 0. The largest absolute Gasteiger partial charge is 0.324 e. The number of fused-ring (bicyclic) bond motifs is 1. The van der Waals surface area contributed by atoms with Crippen molar-refractivity contribution in [2.75, 3.05) is 0 Å². The molecular formula is C13H20N2. The number of rotatable bonds is 2. The van der Waals surface area contributed by atoms with Gasteiger partial charge in [0, 0.05) is 11.6 Å². The molecule has 0 spiro atoms. The van der Waals surface area contributed by atoms with E-state index < -0.39 is 0 Å². The second kappa shape index (κ2) is 3.62. The lowest BCUT2D eigenvalue weighted by atomic mass is 9.89. The Kier molecular flexibility index (Phi) is 2.57. The van der Waals surface area contributed by atoms with Gasteiger partial charge in [-0.25, -0.2) is 0 Å². The molecule has 0 amide bonds. The van der Waals surface area contributed by atoms with E-state index in [9.17, 15) is 0 Å². The van der Waals surface area contributed by atoms with E-state index in [0.29, 0.717) is 0 Å². The van der Waals surface area contributed by atoms with Crippen molar-refractivity contribution in [2.45, 2.75) is 44.7 Å². The highest BCUT2D eigenvalue weighted by molar-refractivity contribution is 5.37. The van der Waals surface area contributed by atoms with Crippen molar-refractivity contribution in [1.82, 2.24) is 0 Å². The van der Waals surface area contributed by atoms with Crippen LogP contribution in [0.15, 0.2) is 18.2 Å².